The highest BCUT2D eigenvalue weighted by Gasteiger charge is 2.30. The van der Waals surface area contributed by atoms with Gasteiger partial charge in [0.15, 0.2) is 0 Å². The van der Waals surface area contributed by atoms with E-state index in [-0.39, 0.29) is 0 Å². The van der Waals surface area contributed by atoms with E-state index in [1.807, 2.05) is 0 Å². The van der Waals surface area contributed by atoms with Crippen LogP contribution in [0.5, 0.6) is 0 Å². The fourth-order valence-corrected chi connectivity index (χ4v) is 7.92. The molecule has 0 bridgehead atoms. The third kappa shape index (κ3) is 5.64. The molecule has 2 saturated carbocycles. The third-order valence-corrected chi connectivity index (χ3v) is 8.99. The molecule has 0 spiro atoms. The fourth-order valence-electron chi connectivity index (χ4n) is 4.12. The van der Waals surface area contributed by atoms with Crippen LogP contribution < -0.4 is 5.32 Å². The molecule has 0 aromatic rings. The monoisotopic (exact) mass is 297 g/mol. The van der Waals surface area contributed by atoms with E-state index in [1.165, 1.54) is 70.6 Å². The molecule has 0 aliphatic heterocycles. The summed E-state index contributed by atoms with van der Waals surface area (Å²) >= 11 is 0. The van der Waals surface area contributed by atoms with Gasteiger partial charge in [-0.15, -0.1) is 0 Å². The van der Waals surface area contributed by atoms with Crippen LogP contribution in [0.15, 0.2) is 0 Å². The van der Waals surface area contributed by atoms with Gasteiger partial charge in [0.25, 0.3) is 0 Å². The van der Waals surface area contributed by atoms with E-state index in [0.29, 0.717) is 7.92 Å². The number of hydrogen-bond acceptors (Lipinski definition) is 1. The second-order valence-electron chi connectivity index (χ2n) is 6.93. The van der Waals surface area contributed by atoms with Crippen molar-refractivity contribution in [3.05, 3.63) is 0 Å². The van der Waals surface area contributed by atoms with Crippen LogP contribution in [-0.2, 0) is 0 Å². The van der Waals surface area contributed by atoms with Gasteiger partial charge in [-0.1, -0.05) is 59.8 Å². The van der Waals surface area contributed by atoms with E-state index in [1.54, 1.807) is 25.7 Å². The second-order valence-corrected chi connectivity index (χ2v) is 9.86. The van der Waals surface area contributed by atoms with Crippen LogP contribution in [0.3, 0.4) is 0 Å². The Labute approximate surface area is 128 Å². The summed E-state index contributed by atoms with van der Waals surface area (Å²) < 4.78 is 0. The van der Waals surface area contributed by atoms with Crippen LogP contribution >= 0.6 is 7.92 Å². The molecule has 2 fully saturated rings. The van der Waals surface area contributed by atoms with Gasteiger partial charge in [0.05, 0.1) is 0 Å². The van der Waals surface area contributed by atoms with E-state index in [4.69, 9.17) is 0 Å². The standard InChI is InChI=1S/C18H36NP/c1-2-3-14-19-15-16-20(17-10-6-4-7-11-17)18-12-8-5-9-13-18/h17-19H,2-16H2,1H3. The van der Waals surface area contributed by atoms with Crippen molar-refractivity contribution < 1.29 is 0 Å². The number of nitrogens with one attached hydrogen (secondary N) is 1. The van der Waals surface area contributed by atoms with Gasteiger partial charge in [0.1, 0.15) is 0 Å². The fraction of sp³-hybridized carbons (Fsp3) is 1.00. The molecule has 20 heavy (non-hydrogen) atoms. The van der Waals surface area contributed by atoms with Crippen LogP contribution in [0.2, 0.25) is 0 Å². The third-order valence-electron chi connectivity index (χ3n) is 5.34. The number of hydrogen-bond donors (Lipinski definition) is 1. The summed E-state index contributed by atoms with van der Waals surface area (Å²) in [6, 6.07) is 0. The first-order chi connectivity index (χ1) is 9.92. The molecule has 2 aliphatic carbocycles. The summed E-state index contributed by atoms with van der Waals surface area (Å²) in [7, 11) is 0.320. The predicted octanol–water partition coefficient (Wildman–Crippen LogP) is 5.52. The summed E-state index contributed by atoms with van der Waals surface area (Å²) in [6.07, 6.45) is 19.6. The van der Waals surface area contributed by atoms with Crippen LogP contribution in [-0.4, -0.2) is 30.6 Å². The highest BCUT2D eigenvalue weighted by atomic mass is 31.1. The molecule has 2 rings (SSSR count). The zero-order valence-electron chi connectivity index (χ0n) is 13.7. The molecule has 0 radical (unpaired) electrons. The topological polar surface area (TPSA) is 12.0 Å². The molecule has 1 nitrogen and oxygen atoms in total. The van der Waals surface area contributed by atoms with Gasteiger partial charge < -0.3 is 5.32 Å². The lowest BCUT2D eigenvalue weighted by Crippen LogP contribution is -2.26. The van der Waals surface area contributed by atoms with Crippen molar-refractivity contribution in [3.8, 4) is 0 Å². The van der Waals surface area contributed by atoms with Crippen molar-refractivity contribution in [2.75, 3.05) is 19.3 Å². The summed E-state index contributed by atoms with van der Waals surface area (Å²) in [5, 5.41) is 3.71. The van der Waals surface area contributed by atoms with Crippen molar-refractivity contribution in [3.63, 3.8) is 0 Å². The van der Waals surface area contributed by atoms with Crippen LogP contribution in [0.25, 0.3) is 0 Å². The quantitative estimate of drug-likeness (QED) is 0.459. The average Bonchev–Trinajstić information content (AvgIpc) is 2.53. The van der Waals surface area contributed by atoms with E-state index in [9.17, 15) is 0 Å². The Balaban J connectivity index is 1.78. The van der Waals surface area contributed by atoms with Gasteiger partial charge in [0.2, 0.25) is 0 Å². The Morgan fingerprint density at radius 1 is 0.800 bits per heavy atom. The molecule has 0 aromatic heterocycles. The molecule has 2 heteroatoms. The van der Waals surface area contributed by atoms with Gasteiger partial charge in [0, 0.05) is 0 Å². The maximum atomic E-state index is 3.71. The minimum absolute atomic E-state index is 0.320. The SMILES string of the molecule is CCCCNCCP(C1CCCCC1)C1CCCCC1. The van der Waals surface area contributed by atoms with Crippen LogP contribution in [0.4, 0.5) is 0 Å². The molecular weight excluding hydrogens is 261 g/mol. The first kappa shape index (κ1) is 16.8. The highest BCUT2D eigenvalue weighted by Crippen LogP contribution is 2.55. The zero-order chi connectivity index (χ0) is 14.0. The summed E-state index contributed by atoms with van der Waals surface area (Å²) in [6.45, 7) is 4.84. The second kappa shape index (κ2) is 10.2. The highest BCUT2D eigenvalue weighted by molar-refractivity contribution is 7.59. The largest absolute Gasteiger partial charge is 0.316 e. The van der Waals surface area contributed by atoms with Crippen molar-refractivity contribution in [1.82, 2.24) is 5.32 Å². The Kier molecular flexibility index (Phi) is 8.52. The summed E-state index contributed by atoms with van der Waals surface area (Å²) in [5.41, 5.74) is 2.27. The van der Waals surface area contributed by atoms with E-state index in [0.717, 1.165) is 11.3 Å². The van der Waals surface area contributed by atoms with Gasteiger partial charge in [-0.3, -0.25) is 0 Å². The molecule has 2 aliphatic rings. The lowest BCUT2D eigenvalue weighted by Gasteiger charge is -2.38. The van der Waals surface area contributed by atoms with Gasteiger partial charge in [-0.2, -0.15) is 0 Å². The van der Waals surface area contributed by atoms with E-state index >= 15 is 0 Å². The molecule has 0 unspecified atom stereocenters. The molecule has 0 atom stereocenters. The van der Waals surface area contributed by atoms with Gasteiger partial charge in [-0.25, -0.2) is 0 Å². The van der Waals surface area contributed by atoms with Crippen molar-refractivity contribution >= 4 is 7.92 Å². The Bertz CT molecular complexity index is 214. The predicted molar refractivity (Wildman–Crippen MR) is 93.3 cm³/mol. The average molecular weight is 297 g/mol. The summed E-state index contributed by atoms with van der Waals surface area (Å²) in [4.78, 5) is 0. The molecule has 0 aromatic carbocycles. The van der Waals surface area contributed by atoms with E-state index in [2.05, 4.69) is 12.2 Å². The Morgan fingerprint density at radius 3 is 1.85 bits per heavy atom. The molecule has 0 heterocycles. The van der Waals surface area contributed by atoms with Gasteiger partial charge >= 0.3 is 0 Å². The Hall–Kier alpha value is 0.390. The molecule has 118 valence electrons. The van der Waals surface area contributed by atoms with Gasteiger partial charge in [-0.05, 0) is 62.7 Å². The molecule has 1 N–H and O–H groups in total. The van der Waals surface area contributed by atoms with Crippen molar-refractivity contribution in [2.24, 2.45) is 0 Å². The number of unbranched alkanes of at least 4 members (excludes halogenated alkanes) is 1. The molecule has 0 saturated heterocycles. The first-order valence-corrected chi connectivity index (χ1v) is 11.0. The number of rotatable bonds is 8. The van der Waals surface area contributed by atoms with E-state index < -0.39 is 0 Å². The normalized spacial score (nSPS) is 22.5. The van der Waals surface area contributed by atoms with Crippen molar-refractivity contribution in [2.45, 2.75) is 95.3 Å². The lowest BCUT2D eigenvalue weighted by atomic mass is 9.99. The molecule has 0 amide bonds. The minimum atomic E-state index is 0.320. The lowest BCUT2D eigenvalue weighted by molar-refractivity contribution is 0.483. The van der Waals surface area contributed by atoms with Crippen LogP contribution in [0, 0.1) is 0 Å². The smallest absolute Gasteiger partial charge is 0.000931 e. The first-order valence-electron chi connectivity index (χ1n) is 9.38. The molecular formula is C18H36NP. The maximum Gasteiger partial charge on any atom is -0.000931 e. The maximum absolute atomic E-state index is 3.71. The Morgan fingerprint density at radius 2 is 1.35 bits per heavy atom. The zero-order valence-corrected chi connectivity index (χ0v) is 14.6. The van der Waals surface area contributed by atoms with Crippen LogP contribution in [0.1, 0.15) is 84.0 Å². The minimum Gasteiger partial charge on any atom is -0.316 e. The summed E-state index contributed by atoms with van der Waals surface area (Å²) in [5.74, 6) is 0. The van der Waals surface area contributed by atoms with Crippen molar-refractivity contribution in [1.29, 1.82) is 0 Å².